The Balaban J connectivity index is 2.18. The maximum atomic E-state index is 9.51. The first-order valence-electron chi connectivity index (χ1n) is 7.66. The monoisotopic (exact) mass is 278 g/mol. The van der Waals surface area contributed by atoms with Crippen LogP contribution in [0.15, 0.2) is 18.2 Å². The molecule has 1 saturated carbocycles. The van der Waals surface area contributed by atoms with Crippen LogP contribution in [0.5, 0.6) is 11.5 Å². The third-order valence-corrected chi connectivity index (χ3v) is 3.95. The average Bonchev–Trinajstić information content (AvgIpc) is 2.40. The second kappa shape index (κ2) is 6.98. The Morgan fingerprint density at radius 3 is 2.45 bits per heavy atom. The van der Waals surface area contributed by atoms with Gasteiger partial charge in [-0.05, 0) is 44.1 Å². The lowest BCUT2D eigenvalue weighted by Crippen LogP contribution is -2.29. The van der Waals surface area contributed by atoms with Crippen LogP contribution in [0.1, 0.15) is 45.6 Å². The van der Waals surface area contributed by atoms with Crippen LogP contribution in [-0.2, 0) is 6.61 Å². The normalized spacial score (nSPS) is 26.3. The van der Waals surface area contributed by atoms with E-state index in [1.807, 2.05) is 25.1 Å². The second-order valence-corrected chi connectivity index (χ2v) is 5.99. The van der Waals surface area contributed by atoms with Gasteiger partial charge in [-0.1, -0.05) is 26.0 Å². The maximum Gasteiger partial charge on any atom is 0.167 e. The lowest BCUT2D eigenvalue weighted by Gasteiger charge is -2.32. The lowest BCUT2D eigenvalue weighted by atomic mass is 9.82. The molecule has 0 aromatic heterocycles. The van der Waals surface area contributed by atoms with Gasteiger partial charge < -0.3 is 14.6 Å². The van der Waals surface area contributed by atoms with Gasteiger partial charge >= 0.3 is 0 Å². The fourth-order valence-electron chi connectivity index (χ4n) is 3.22. The Hall–Kier alpha value is -1.22. The summed E-state index contributed by atoms with van der Waals surface area (Å²) >= 11 is 0. The van der Waals surface area contributed by atoms with Crippen molar-refractivity contribution in [1.82, 2.24) is 0 Å². The minimum atomic E-state index is -0.0198. The van der Waals surface area contributed by atoms with Crippen molar-refractivity contribution in [3.8, 4) is 11.5 Å². The van der Waals surface area contributed by atoms with Gasteiger partial charge in [0.1, 0.15) is 0 Å². The van der Waals surface area contributed by atoms with Crippen LogP contribution in [0.25, 0.3) is 0 Å². The molecule has 0 aliphatic heterocycles. The molecule has 1 aromatic rings. The summed E-state index contributed by atoms with van der Waals surface area (Å²) in [5, 5.41) is 9.51. The minimum Gasteiger partial charge on any atom is -0.490 e. The van der Waals surface area contributed by atoms with Gasteiger partial charge in [0.15, 0.2) is 11.5 Å². The summed E-state index contributed by atoms with van der Waals surface area (Å²) in [7, 11) is 0. The summed E-state index contributed by atoms with van der Waals surface area (Å²) < 4.78 is 11.9. The molecule has 2 unspecified atom stereocenters. The summed E-state index contributed by atoms with van der Waals surface area (Å²) in [5.74, 6) is 2.86. The molecule has 20 heavy (non-hydrogen) atoms. The Morgan fingerprint density at radius 1 is 1.15 bits per heavy atom. The van der Waals surface area contributed by atoms with E-state index in [4.69, 9.17) is 9.47 Å². The molecule has 112 valence electrons. The molecule has 0 radical (unpaired) electrons. The van der Waals surface area contributed by atoms with Crippen LogP contribution in [0.3, 0.4) is 0 Å². The van der Waals surface area contributed by atoms with E-state index < -0.39 is 0 Å². The third-order valence-electron chi connectivity index (χ3n) is 3.95. The second-order valence-electron chi connectivity index (χ2n) is 5.99. The topological polar surface area (TPSA) is 38.7 Å². The van der Waals surface area contributed by atoms with Crippen LogP contribution in [-0.4, -0.2) is 17.8 Å². The first-order chi connectivity index (χ1) is 9.63. The van der Waals surface area contributed by atoms with Crippen LogP contribution in [0.4, 0.5) is 0 Å². The maximum absolute atomic E-state index is 9.51. The van der Waals surface area contributed by atoms with Crippen molar-refractivity contribution in [2.45, 2.75) is 52.7 Å². The van der Waals surface area contributed by atoms with Gasteiger partial charge in [-0.15, -0.1) is 0 Å². The fourth-order valence-corrected chi connectivity index (χ4v) is 3.22. The van der Waals surface area contributed by atoms with Crippen molar-refractivity contribution in [2.75, 3.05) is 6.61 Å². The minimum absolute atomic E-state index is 0.0198. The molecule has 0 spiro atoms. The van der Waals surface area contributed by atoms with E-state index in [2.05, 4.69) is 13.8 Å². The molecule has 3 heteroatoms. The van der Waals surface area contributed by atoms with E-state index in [-0.39, 0.29) is 12.7 Å². The van der Waals surface area contributed by atoms with Gasteiger partial charge in [0.2, 0.25) is 0 Å². The molecular weight excluding hydrogens is 252 g/mol. The molecule has 0 saturated heterocycles. The van der Waals surface area contributed by atoms with E-state index in [1.165, 1.54) is 6.42 Å². The van der Waals surface area contributed by atoms with E-state index in [9.17, 15) is 5.11 Å². The Labute approximate surface area is 121 Å². The van der Waals surface area contributed by atoms with Gasteiger partial charge in [-0.3, -0.25) is 0 Å². The smallest absolute Gasteiger partial charge is 0.167 e. The molecule has 1 fully saturated rings. The van der Waals surface area contributed by atoms with Gasteiger partial charge in [0.25, 0.3) is 0 Å². The molecule has 1 aliphatic carbocycles. The molecule has 0 bridgehead atoms. The standard InChI is InChI=1S/C17H26O3/c1-4-19-16-7-5-6-14(11-18)17(16)20-15-9-12(2)8-13(3)10-15/h5-7,12-13,15,18H,4,8-11H2,1-3H3. The van der Waals surface area contributed by atoms with Crippen LogP contribution >= 0.6 is 0 Å². The van der Waals surface area contributed by atoms with Crippen molar-refractivity contribution in [1.29, 1.82) is 0 Å². The number of rotatable bonds is 5. The summed E-state index contributed by atoms with van der Waals surface area (Å²) in [6.45, 7) is 7.11. The van der Waals surface area contributed by atoms with E-state index in [0.29, 0.717) is 18.4 Å². The zero-order valence-electron chi connectivity index (χ0n) is 12.8. The Morgan fingerprint density at radius 2 is 1.85 bits per heavy atom. The highest BCUT2D eigenvalue weighted by atomic mass is 16.5. The van der Waals surface area contributed by atoms with Crippen LogP contribution in [0.2, 0.25) is 0 Å². The van der Waals surface area contributed by atoms with Gasteiger partial charge in [0, 0.05) is 5.56 Å². The third kappa shape index (κ3) is 3.66. The van der Waals surface area contributed by atoms with E-state index in [0.717, 1.165) is 29.9 Å². The quantitative estimate of drug-likeness (QED) is 0.890. The van der Waals surface area contributed by atoms with Gasteiger partial charge in [0.05, 0.1) is 19.3 Å². The summed E-state index contributed by atoms with van der Waals surface area (Å²) in [5.41, 5.74) is 0.807. The number of hydrogen-bond donors (Lipinski definition) is 1. The zero-order valence-corrected chi connectivity index (χ0v) is 12.8. The van der Waals surface area contributed by atoms with Crippen molar-refractivity contribution in [3.05, 3.63) is 23.8 Å². The van der Waals surface area contributed by atoms with Crippen molar-refractivity contribution < 1.29 is 14.6 Å². The molecule has 1 aromatic carbocycles. The number of hydrogen-bond acceptors (Lipinski definition) is 3. The van der Waals surface area contributed by atoms with Gasteiger partial charge in [-0.2, -0.15) is 0 Å². The SMILES string of the molecule is CCOc1cccc(CO)c1OC1CC(C)CC(C)C1. The molecule has 2 rings (SSSR count). The highest BCUT2D eigenvalue weighted by Gasteiger charge is 2.26. The fraction of sp³-hybridized carbons (Fsp3) is 0.647. The molecule has 2 atom stereocenters. The number of aliphatic hydroxyl groups excluding tert-OH is 1. The number of benzene rings is 1. The molecule has 1 aliphatic rings. The number of ether oxygens (including phenoxy) is 2. The van der Waals surface area contributed by atoms with Crippen molar-refractivity contribution in [3.63, 3.8) is 0 Å². The Bertz CT molecular complexity index is 420. The predicted molar refractivity (Wildman–Crippen MR) is 80.1 cm³/mol. The molecule has 1 N–H and O–H groups in total. The predicted octanol–water partition coefficient (Wildman–Crippen LogP) is 3.78. The zero-order chi connectivity index (χ0) is 14.5. The van der Waals surface area contributed by atoms with E-state index in [1.54, 1.807) is 0 Å². The summed E-state index contributed by atoms with van der Waals surface area (Å²) in [4.78, 5) is 0. The summed E-state index contributed by atoms with van der Waals surface area (Å²) in [6, 6.07) is 5.71. The molecule has 0 amide bonds. The first kappa shape index (κ1) is 15.2. The van der Waals surface area contributed by atoms with E-state index >= 15 is 0 Å². The number of aliphatic hydroxyl groups is 1. The highest BCUT2D eigenvalue weighted by molar-refractivity contribution is 5.46. The molecule has 0 heterocycles. The van der Waals surface area contributed by atoms with Crippen molar-refractivity contribution >= 4 is 0 Å². The molecular formula is C17H26O3. The largest absolute Gasteiger partial charge is 0.490 e. The first-order valence-corrected chi connectivity index (χ1v) is 7.66. The summed E-state index contributed by atoms with van der Waals surface area (Å²) in [6.07, 6.45) is 3.66. The van der Waals surface area contributed by atoms with Gasteiger partial charge in [-0.25, -0.2) is 0 Å². The Kier molecular flexibility index (Phi) is 5.30. The van der Waals surface area contributed by atoms with Crippen LogP contribution in [0, 0.1) is 11.8 Å². The van der Waals surface area contributed by atoms with Crippen LogP contribution < -0.4 is 9.47 Å². The lowest BCUT2D eigenvalue weighted by molar-refractivity contribution is 0.0944. The average molecular weight is 278 g/mol. The number of para-hydroxylation sites is 1. The van der Waals surface area contributed by atoms with Crippen molar-refractivity contribution in [2.24, 2.45) is 11.8 Å². The molecule has 3 nitrogen and oxygen atoms in total. The highest BCUT2D eigenvalue weighted by Crippen LogP contribution is 2.37.